The van der Waals surface area contributed by atoms with Gasteiger partial charge in [0, 0.05) is 50.1 Å². The van der Waals surface area contributed by atoms with Gasteiger partial charge in [-0.2, -0.15) is 0 Å². The van der Waals surface area contributed by atoms with Crippen molar-refractivity contribution in [3.8, 4) is 11.5 Å². The van der Waals surface area contributed by atoms with Crippen molar-refractivity contribution in [2.75, 3.05) is 33.3 Å². The fraction of sp³-hybridized carbons (Fsp3) is 0.304. The predicted molar refractivity (Wildman–Crippen MR) is 121 cm³/mol. The molecule has 1 amide bonds. The van der Waals surface area contributed by atoms with Gasteiger partial charge in [-0.15, -0.1) is 10.2 Å². The molecule has 0 saturated carbocycles. The molecule has 2 N–H and O–H groups in total. The van der Waals surface area contributed by atoms with Crippen molar-refractivity contribution in [2.45, 2.75) is 13.0 Å². The summed E-state index contributed by atoms with van der Waals surface area (Å²) in [5.41, 5.74) is 2.64. The normalized spacial score (nSPS) is 18.1. The van der Waals surface area contributed by atoms with E-state index in [9.17, 15) is 15.0 Å². The summed E-state index contributed by atoms with van der Waals surface area (Å²) < 4.78 is 11.8. The minimum atomic E-state index is -0.906. The van der Waals surface area contributed by atoms with E-state index in [1.165, 1.54) is 4.90 Å². The van der Waals surface area contributed by atoms with Gasteiger partial charge in [-0.05, 0) is 31.2 Å². The van der Waals surface area contributed by atoms with Gasteiger partial charge in [0.2, 0.25) is 0 Å². The van der Waals surface area contributed by atoms with Crippen molar-refractivity contribution in [1.82, 2.24) is 14.8 Å². The lowest BCUT2D eigenvalue weighted by molar-refractivity contribution is 0.0883. The number of aromatic nitrogens is 1. The zero-order valence-electron chi connectivity index (χ0n) is 18.2. The molecular weight excluding hydrogens is 426 g/mol. The third kappa shape index (κ3) is 3.58. The lowest BCUT2D eigenvalue weighted by Gasteiger charge is -2.37. The standard InChI is InChI=1S/C23H23N5O5/c1-13(27-8-10-28(11-9-27)23(30)31)19-17(32-2)6-5-15-20(29)18(33-21(15)19)12-16-14-4-3-7-24-22(14)26-25-16/h3-7,12-13,29H,8-11H2,1-2H3,(H,30,31). The van der Waals surface area contributed by atoms with Crippen LogP contribution in [0.3, 0.4) is 0 Å². The first kappa shape index (κ1) is 21.0. The number of methoxy groups -OCH3 is 1. The van der Waals surface area contributed by atoms with Crippen LogP contribution in [0.4, 0.5) is 10.6 Å². The van der Waals surface area contributed by atoms with Gasteiger partial charge < -0.3 is 24.3 Å². The quantitative estimate of drug-likeness (QED) is 0.601. The number of amides is 1. The summed E-state index contributed by atoms with van der Waals surface area (Å²) in [6, 6.07) is 7.11. The number of fused-ring (bicyclic) bond motifs is 2. The van der Waals surface area contributed by atoms with E-state index in [2.05, 4.69) is 20.1 Å². The predicted octanol–water partition coefficient (Wildman–Crippen LogP) is 4.49. The number of piperazine rings is 1. The number of carbonyl (C=O) groups is 1. The molecule has 1 saturated heterocycles. The fourth-order valence-corrected chi connectivity index (χ4v) is 4.39. The molecular formula is C23H23N5O5. The number of hydrogen-bond acceptors (Lipinski definition) is 8. The number of pyridine rings is 1. The number of ether oxygens (including phenoxy) is 1. The second-order valence-electron chi connectivity index (χ2n) is 7.96. The molecule has 1 fully saturated rings. The second kappa shape index (κ2) is 8.21. The Morgan fingerprint density at radius 1 is 1.21 bits per heavy atom. The number of benzene rings is 1. The zero-order chi connectivity index (χ0) is 23.1. The number of rotatable bonds is 4. The van der Waals surface area contributed by atoms with E-state index in [0.29, 0.717) is 54.4 Å². The van der Waals surface area contributed by atoms with Crippen molar-refractivity contribution < 1.29 is 24.2 Å². The molecule has 1 unspecified atom stereocenters. The van der Waals surface area contributed by atoms with Crippen molar-refractivity contribution in [1.29, 1.82) is 0 Å². The van der Waals surface area contributed by atoms with Crippen LogP contribution in [-0.4, -0.2) is 64.4 Å². The molecule has 5 rings (SSSR count). The molecule has 2 aliphatic rings. The first-order valence-corrected chi connectivity index (χ1v) is 10.6. The van der Waals surface area contributed by atoms with Gasteiger partial charge >= 0.3 is 6.09 Å². The summed E-state index contributed by atoms with van der Waals surface area (Å²) in [6.07, 6.45) is 2.39. The van der Waals surface area contributed by atoms with Gasteiger partial charge in [-0.3, -0.25) is 4.90 Å². The third-order valence-electron chi connectivity index (χ3n) is 6.21. The van der Waals surface area contributed by atoms with E-state index >= 15 is 0 Å². The highest BCUT2D eigenvalue weighted by molar-refractivity contribution is 5.95. The number of furan rings is 1. The Morgan fingerprint density at radius 3 is 2.73 bits per heavy atom. The van der Waals surface area contributed by atoms with Gasteiger partial charge in [0.15, 0.2) is 17.3 Å². The van der Waals surface area contributed by atoms with E-state index in [1.54, 1.807) is 31.5 Å². The Balaban J connectivity index is 1.54. The van der Waals surface area contributed by atoms with Crippen LogP contribution in [0.25, 0.3) is 22.7 Å². The minimum absolute atomic E-state index is 0.0110. The summed E-state index contributed by atoms with van der Waals surface area (Å²) in [5.74, 6) is 1.44. The van der Waals surface area contributed by atoms with E-state index in [4.69, 9.17) is 9.15 Å². The summed E-state index contributed by atoms with van der Waals surface area (Å²) in [5, 5.41) is 28.9. The first-order valence-electron chi connectivity index (χ1n) is 10.6. The number of carboxylic acid groups (broad SMARTS) is 1. The molecule has 170 valence electrons. The van der Waals surface area contributed by atoms with Crippen LogP contribution < -0.4 is 4.74 Å². The lowest BCUT2D eigenvalue weighted by atomic mass is 10.0. The molecule has 2 aromatic heterocycles. The number of aromatic hydroxyl groups is 1. The average Bonchev–Trinajstić information content (AvgIpc) is 3.39. The topological polar surface area (TPSA) is 124 Å². The van der Waals surface area contributed by atoms with Crippen LogP contribution >= 0.6 is 0 Å². The zero-order valence-corrected chi connectivity index (χ0v) is 18.2. The molecule has 4 heterocycles. The number of azo groups is 1. The molecule has 3 aromatic rings. The molecule has 0 spiro atoms. The van der Waals surface area contributed by atoms with Crippen LogP contribution in [0.15, 0.2) is 45.1 Å². The Labute approximate surface area is 189 Å². The maximum absolute atomic E-state index is 11.3. The Morgan fingerprint density at radius 2 is 2.00 bits per heavy atom. The van der Waals surface area contributed by atoms with E-state index < -0.39 is 6.09 Å². The Bertz CT molecular complexity index is 1290. The second-order valence-corrected chi connectivity index (χ2v) is 7.96. The van der Waals surface area contributed by atoms with Gasteiger partial charge in [0.25, 0.3) is 0 Å². The highest BCUT2D eigenvalue weighted by atomic mass is 16.5. The maximum atomic E-state index is 11.3. The smallest absolute Gasteiger partial charge is 0.407 e. The first-order chi connectivity index (χ1) is 16.0. The highest BCUT2D eigenvalue weighted by Crippen LogP contribution is 2.44. The van der Waals surface area contributed by atoms with Crippen molar-refractivity contribution in [3.63, 3.8) is 0 Å². The molecule has 0 radical (unpaired) electrons. The van der Waals surface area contributed by atoms with Crippen molar-refractivity contribution in [2.24, 2.45) is 10.2 Å². The van der Waals surface area contributed by atoms with Crippen LogP contribution in [-0.2, 0) is 0 Å². The monoisotopic (exact) mass is 449 g/mol. The molecule has 33 heavy (non-hydrogen) atoms. The average molecular weight is 449 g/mol. The van der Waals surface area contributed by atoms with Gasteiger partial charge in [-0.1, -0.05) is 0 Å². The number of hydrogen-bond donors (Lipinski definition) is 2. The largest absolute Gasteiger partial charge is 0.504 e. The van der Waals surface area contributed by atoms with Gasteiger partial charge in [0.1, 0.15) is 17.0 Å². The van der Waals surface area contributed by atoms with E-state index in [1.807, 2.05) is 19.1 Å². The van der Waals surface area contributed by atoms with Crippen LogP contribution in [0.5, 0.6) is 11.5 Å². The summed E-state index contributed by atoms with van der Waals surface area (Å²) in [4.78, 5) is 19.0. The number of nitrogens with zero attached hydrogens (tertiary/aromatic N) is 5. The molecule has 10 heteroatoms. The fourth-order valence-electron chi connectivity index (χ4n) is 4.39. The lowest BCUT2D eigenvalue weighted by Crippen LogP contribution is -2.48. The Kier molecular flexibility index (Phi) is 5.21. The van der Waals surface area contributed by atoms with Crippen molar-refractivity contribution in [3.05, 3.63) is 47.3 Å². The van der Waals surface area contributed by atoms with Crippen molar-refractivity contribution >= 4 is 34.7 Å². The van der Waals surface area contributed by atoms with E-state index in [-0.39, 0.29) is 17.6 Å². The summed E-state index contributed by atoms with van der Waals surface area (Å²) in [7, 11) is 1.59. The summed E-state index contributed by atoms with van der Waals surface area (Å²) >= 11 is 0. The summed E-state index contributed by atoms with van der Waals surface area (Å²) in [6.45, 7) is 4.05. The van der Waals surface area contributed by atoms with Gasteiger partial charge in [0.05, 0.1) is 18.1 Å². The highest BCUT2D eigenvalue weighted by Gasteiger charge is 2.29. The van der Waals surface area contributed by atoms with E-state index in [0.717, 1.165) is 11.1 Å². The molecule has 2 aliphatic heterocycles. The van der Waals surface area contributed by atoms with Crippen LogP contribution in [0, 0.1) is 0 Å². The SMILES string of the molecule is COc1ccc2c(O)c(C=C3N=Nc4ncccc43)oc2c1C(C)N1CCN(C(=O)O)CC1. The molecule has 0 aliphatic carbocycles. The Hall–Kier alpha value is -3.92. The molecule has 10 nitrogen and oxygen atoms in total. The molecule has 1 atom stereocenters. The maximum Gasteiger partial charge on any atom is 0.407 e. The van der Waals surface area contributed by atoms with Crippen LogP contribution in [0.1, 0.15) is 29.9 Å². The molecule has 0 bridgehead atoms. The van der Waals surface area contributed by atoms with Gasteiger partial charge in [-0.25, -0.2) is 9.78 Å². The van der Waals surface area contributed by atoms with Crippen LogP contribution in [0.2, 0.25) is 0 Å². The minimum Gasteiger partial charge on any atom is -0.504 e. The third-order valence-corrected chi connectivity index (χ3v) is 6.21. The molecule has 1 aromatic carbocycles.